The van der Waals surface area contributed by atoms with Gasteiger partial charge in [-0.1, -0.05) is 6.42 Å². The van der Waals surface area contributed by atoms with Crippen LogP contribution in [0.3, 0.4) is 0 Å². The van der Waals surface area contributed by atoms with Crippen LogP contribution in [0.5, 0.6) is 0 Å². The number of hydrogen-bond donors (Lipinski definition) is 2. The number of piperidine rings is 1. The van der Waals surface area contributed by atoms with Crippen LogP contribution >= 0.6 is 0 Å². The molecule has 19 heavy (non-hydrogen) atoms. The number of carboxylic acids is 1. The molecule has 1 atom stereocenters. The number of carbonyl (C=O) groups is 2. The number of amides is 1. The van der Waals surface area contributed by atoms with E-state index in [1.165, 1.54) is 0 Å². The van der Waals surface area contributed by atoms with Crippen molar-refractivity contribution in [3.8, 4) is 0 Å². The average molecular weight is 269 g/mol. The second-order valence-corrected chi connectivity index (χ2v) is 5.31. The zero-order valence-corrected chi connectivity index (χ0v) is 11.3. The summed E-state index contributed by atoms with van der Waals surface area (Å²) < 4.78 is 0. The molecule has 0 aromatic carbocycles. The Kier molecular flexibility index (Phi) is 5.15. The van der Waals surface area contributed by atoms with Crippen LogP contribution in [0.1, 0.15) is 25.7 Å². The van der Waals surface area contributed by atoms with E-state index in [2.05, 4.69) is 10.2 Å². The molecule has 0 radical (unpaired) electrons. The van der Waals surface area contributed by atoms with Crippen molar-refractivity contribution in [1.29, 1.82) is 0 Å². The van der Waals surface area contributed by atoms with E-state index in [1.54, 1.807) is 0 Å². The van der Waals surface area contributed by atoms with Gasteiger partial charge in [0, 0.05) is 32.7 Å². The minimum Gasteiger partial charge on any atom is -0.481 e. The Balaban J connectivity index is 1.72. The lowest BCUT2D eigenvalue weighted by molar-refractivity contribution is -0.139. The van der Waals surface area contributed by atoms with Crippen LogP contribution in [0, 0.1) is 0 Å². The van der Waals surface area contributed by atoms with Gasteiger partial charge in [0.05, 0.1) is 12.5 Å². The molecule has 0 bridgehead atoms. The highest BCUT2D eigenvalue weighted by Gasteiger charge is 2.28. The first kappa shape index (κ1) is 14.3. The number of rotatable bonds is 4. The summed E-state index contributed by atoms with van der Waals surface area (Å²) in [7, 11) is 0. The molecule has 1 amide bonds. The smallest absolute Gasteiger partial charge is 0.304 e. The van der Waals surface area contributed by atoms with Gasteiger partial charge in [-0.3, -0.25) is 14.5 Å². The highest BCUT2D eigenvalue weighted by Crippen LogP contribution is 2.12. The molecule has 0 saturated carbocycles. The van der Waals surface area contributed by atoms with Crippen LogP contribution < -0.4 is 5.32 Å². The number of nitrogens with zero attached hydrogens (tertiary/aromatic N) is 2. The average Bonchev–Trinajstić information content (AvgIpc) is 2.46. The Morgan fingerprint density at radius 3 is 2.47 bits per heavy atom. The summed E-state index contributed by atoms with van der Waals surface area (Å²) in [6.07, 6.45) is 3.41. The number of hydrogen-bond acceptors (Lipinski definition) is 4. The van der Waals surface area contributed by atoms with Crippen LogP contribution in [-0.2, 0) is 9.59 Å². The molecule has 2 fully saturated rings. The normalized spacial score (nSPS) is 25.3. The van der Waals surface area contributed by atoms with Crippen molar-refractivity contribution >= 4 is 11.9 Å². The van der Waals surface area contributed by atoms with E-state index >= 15 is 0 Å². The number of carbonyl (C=O) groups excluding carboxylic acids is 1. The molecule has 2 aliphatic heterocycles. The number of piperazine rings is 1. The van der Waals surface area contributed by atoms with E-state index in [0.29, 0.717) is 6.54 Å². The molecule has 6 nitrogen and oxygen atoms in total. The summed E-state index contributed by atoms with van der Waals surface area (Å²) in [6, 6.07) is -0.000630. The lowest BCUT2D eigenvalue weighted by Gasteiger charge is -2.37. The molecule has 108 valence electrons. The Morgan fingerprint density at radius 1 is 1.16 bits per heavy atom. The third-order valence-corrected chi connectivity index (χ3v) is 3.93. The maximum atomic E-state index is 12.3. The second kappa shape index (κ2) is 6.86. The lowest BCUT2D eigenvalue weighted by atomic mass is 10.0. The molecular weight excluding hydrogens is 246 g/mol. The van der Waals surface area contributed by atoms with Crippen LogP contribution in [0.2, 0.25) is 0 Å². The molecule has 0 unspecified atom stereocenters. The van der Waals surface area contributed by atoms with Crippen molar-refractivity contribution in [2.24, 2.45) is 0 Å². The Morgan fingerprint density at radius 2 is 1.89 bits per heavy atom. The van der Waals surface area contributed by atoms with E-state index in [9.17, 15) is 9.59 Å². The summed E-state index contributed by atoms with van der Waals surface area (Å²) >= 11 is 0. The summed E-state index contributed by atoms with van der Waals surface area (Å²) in [5.74, 6) is -0.539. The zero-order valence-electron chi connectivity index (χ0n) is 11.3. The van der Waals surface area contributed by atoms with E-state index in [0.717, 1.165) is 52.0 Å². The lowest BCUT2D eigenvalue weighted by Crippen LogP contribution is -2.55. The Labute approximate surface area is 113 Å². The third-order valence-electron chi connectivity index (χ3n) is 3.93. The minimum atomic E-state index is -0.759. The van der Waals surface area contributed by atoms with Gasteiger partial charge in [0.1, 0.15) is 0 Å². The first-order chi connectivity index (χ1) is 9.16. The molecule has 0 aromatic heterocycles. The molecule has 2 saturated heterocycles. The van der Waals surface area contributed by atoms with E-state index in [4.69, 9.17) is 5.11 Å². The van der Waals surface area contributed by atoms with Crippen molar-refractivity contribution in [3.63, 3.8) is 0 Å². The topological polar surface area (TPSA) is 72.9 Å². The fourth-order valence-corrected chi connectivity index (χ4v) is 2.73. The van der Waals surface area contributed by atoms with E-state index in [1.807, 2.05) is 4.90 Å². The quantitative estimate of drug-likeness (QED) is 0.736. The number of nitrogens with one attached hydrogen (secondary N) is 1. The standard InChI is InChI=1S/C13H23N3O3/c17-12(18)4-6-15-7-9-16(10-8-15)13(19)11-3-1-2-5-14-11/h11,14H,1-10H2,(H,17,18)/t11-/m0/s1. The van der Waals surface area contributed by atoms with Crippen LogP contribution in [0.25, 0.3) is 0 Å². The van der Waals surface area contributed by atoms with Crippen molar-refractivity contribution in [3.05, 3.63) is 0 Å². The largest absolute Gasteiger partial charge is 0.481 e. The number of aliphatic carboxylic acids is 1. The minimum absolute atomic E-state index is 0.000630. The van der Waals surface area contributed by atoms with Gasteiger partial charge in [0.15, 0.2) is 0 Å². The molecule has 2 heterocycles. The molecule has 2 aliphatic rings. The highest BCUT2D eigenvalue weighted by molar-refractivity contribution is 5.82. The maximum absolute atomic E-state index is 12.3. The molecule has 0 aliphatic carbocycles. The van der Waals surface area contributed by atoms with Crippen LogP contribution in [0.4, 0.5) is 0 Å². The maximum Gasteiger partial charge on any atom is 0.304 e. The fraction of sp³-hybridized carbons (Fsp3) is 0.846. The number of carboxylic acid groups (broad SMARTS) is 1. The fourth-order valence-electron chi connectivity index (χ4n) is 2.73. The SMILES string of the molecule is O=C(O)CCN1CCN(C(=O)[C@@H]2CCCCN2)CC1. The molecule has 2 N–H and O–H groups in total. The van der Waals surface area contributed by atoms with Gasteiger partial charge < -0.3 is 15.3 Å². The van der Waals surface area contributed by atoms with Crippen molar-refractivity contribution in [2.45, 2.75) is 31.7 Å². The van der Waals surface area contributed by atoms with Crippen molar-refractivity contribution < 1.29 is 14.7 Å². The Hall–Kier alpha value is -1.14. The van der Waals surface area contributed by atoms with Crippen molar-refractivity contribution in [1.82, 2.24) is 15.1 Å². The predicted molar refractivity (Wildman–Crippen MR) is 70.9 cm³/mol. The van der Waals surface area contributed by atoms with Crippen LogP contribution in [0.15, 0.2) is 0 Å². The molecule has 6 heteroatoms. The van der Waals surface area contributed by atoms with Gasteiger partial charge in [-0.15, -0.1) is 0 Å². The molecule has 0 aromatic rings. The monoisotopic (exact) mass is 269 g/mol. The van der Waals surface area contributed by atoms with Gasteiger partial charge in [-0.2, -0.15) is 0 Å². The summed E-state index contributed by atoms with van der Waals surface area (Å²) in [5, 5.41) is 11.9. The van der Waals surface area contributed by atoms with Gasteiger partial charge in [0.25, 0.3) is 0 Å². The highest BCUT2D eigenvalue weighted by atomic mass is 16.4. The summed E-state index contributed by atoms with van der Waals surface area (Å²) in [4.78, 5) is 26.8. The first-order valence-electron chi connectivity index (χ1n) is 7.13. The molecule has 0 spiro atoms. The summed E-state index contributed by atoms with van der Waals surface area (Å²) in [6.45, 7) is 4.53. The molecular formula is C13H23N3O3. The van der Waals surface area contributed by atoms with Gasteiger partial charge in [0.2, 0.25) is 5.91 Å². The van der Waals surface area contributed by atoms with Crippen LogP contribution in [-0.4, -0.2) is 72.1 Å². The van der Waals surface area contributed by atoms with Gasteiger partial charge in [-0.25, -0.2) is 0 Å². The van der Waals surface area contributed by atoms with E-state index < -0.39 is 5.97 Å². The first-order valence-corrected chi connectivity index (χ1v) is 7.13. The third kappa shape index (κ3) is 4.18. The Bertz CT molecular complexity index is 321. The zero-order chi connectivity index (χ0) is 13.7. The van der Waals surface area contributed by atoms with Crippen molar-refractivity contribution in [2.75, 3.05) is 39.3 Å². The predicted octanol–water partition coefficient (Wildman–Crippen LogP) is -0.253. The van der Waals surface area contributed by atoms with E-state index in [-0.39, 0.29) is 18.4 Å². The summed E-state index contributed by atoms with van der Waals surface area (Å²) in [5.41, 5.74) is 0. The molecule has 2 rings (SSSR count). The van der Waals surface area contributed by atoms with Gasteiger partial charge >= 0.3 is 5.97 Å². The van der Waals surface area contributed by atoms with Gasteiger partial charge in [-0.05, 0) is 19.4 Å². The second-order valence-electron chi connectivity index (χ2n) is 5.31.